The third-order valence-corrected chi connectivity index (χ3v) is 3.12. The Balaban J connectivity index is 1.91. The molecular weight excluding hydrogens is 293 g/mol. The van der Waals surface area contributed by atoms with Crippen LogP contribution in [0.4, 0.5) is 18.9 Å². The first-order valence-corrected chi connectivity index (χ1v) is 6.75. The van der Waals surface area contributed by atoms with Crippen LogP contribution in [0.15, 0.2) is 42.5 Å². The number of carbonyl (C=O) groups is 1. The first kappa shape index (κ1) is 16.0. The minimum absolute atomic E-state index is 0.0767. The van der Waals surface area contributed by atoms with Crippen LogP contribution >= 0.6 is 0 Å². The van der Waals surface area contributed by atoms with Gasteiger partial charge in [0.2, 0.25) is 0 Å². The molecule has 2 rings (SSSR count). The molecule has 0 aromatic heterocycles. The molecule has 0 saturated heterocycles. The van der Waals surface area contributed by atoms with Crippen LogP contribution < -0.4 is 10.2 Å². The van der Waals surface area contributed by atoms with Crippen LogP contribution in [-0.2, 0) is 11.3 Å². The van der Waals surface area contributed by atoms with E-state index in [9.17, 15) is 18.0 Å². The Bertz CT molecular complexity index is 676. The monoisotopic (exact) mass is 309 g/mol. The van der Waals surface area contributed by atoms with E-state index < -0.39 is 11.6 Å². The lowest BCUT2D eigenvalue weighted by Crippen LogP contribution is -3.08. The molecule has 0 aliphatic heterocycles. The first-order valence-electron chi connectivity index (χ1n) is 6.75. The van der Waals surface area contributed by atoms with Gasteiger partial charge in [0.05, 0.1) is 7.05 Å². The molecule has 1 atom stereocenters. The van der Waals surface area contributed by atoms with Crippen molar-refractivity contribution < 1.29 is 22.9 Å². The van der Waals surface area contributed by atoms with E-state index >= 15 is 0 Å². The first-order chi connectivity index (χ1) is 10.5. The summed E-state index contributed by atoms with van der Waals surface area (Å²) in [7, 11) is 1.75. The lowest BCUT2D eigenvalue weighted by atomic mass is 10.2. The van der Waals surface area contributed by atoms with Gasteiger partial charge in [-0.1, -0.05) is 18.2 Å². The molecule has 0 spiro atoms. The minimum Gasteiger partial charge on any atom is -0.326 e. The summed E-state index contributed by atoms with van der Waals surface area (Å²) in [4.78, 5) is 12.6. The van der Waals surface area contributed by atoms with Crippen LogP contribution in [0.5, 0.6) is 0 Å². The number of benzene rings is 2. The molecular formula is C16H16F3N2O+. The van der Waals surface area contributed by atoms with E-state index in [-0.39, 0.29) is 24.0 Å². The maximum atomic E-state index is 13.5. The normalized spacial score (nSPS) is 12.0. The molecule has 0 saturated carbocycles. The van der Waals surface area contributed by atoms with Gasteiger partial charge in [-0.25, -0.2) is 13.2 Å². The highest BCUT2D eigenvalue weighted by molar-refractivity contribution is 5.91. The zero-order valence-electron chi connectivity index (χ0n) is 12.0. The van der Waals surface area contributed by atoms with E-state index in [1.165, 1.54) is 12.1 Å². The molecule has 22 heavy (non-hydrogen) atoms. The zero-order chi connectivity index (χ0) is 16.1. The van der Waals surface area contributed by atoms with Gasteiger partial charge in [0.1, 0.15) is 12.4 Å². The van der Waals surface area contributed by atoms with Crippen molar-refractivity contribution in [2.45, 2.75) is 6.54 Å². The quantitative estimate of drug-likeness (QED) is 0.867. The van der Waals surface area contributed by atoms with Crippen molar-refractivity contribution in [1.82, 2.24) is 0 Å². The van der Waals surface area contributed by atoms with Crippen LogP contribution in [0.1, 0.15) is 5.56 Å². The van der Waals surface area contributed by atoms with E-state index in [0.717, 1.165) is 17.0 Å². The molecule has 0 aliphatic carbocycles. The largest absolute Gasteiger partial charge is 0.326 e. The molecule has 2 N–H and O–H groups in total. The SMILES string of the molecule is C[NH+](CC(=O)Nc1ccc(F)c(F)c1)Cc1ccccc1F. The number of hydrogen-bond acceptors (Lipinski definition) is 1. The molecule has 3 nitrogen and oxygen atoms in total. The van der Waals surface area contributed by atoms with Gasteiger partial charge in [-0.05, 0) is 18.2 Å². The number of quaternary nitrogens is 1. The summed E-state index contributed by atoms with van der Waals surface area (Å²) in [5.74, 6) is -2.67. The number of nitrogens with one attached hydrogen (secondary N) is 2. The van der Waals surface area contributed by atoms with Crippen molar-refractivity contribution in [2.75, 3.05) is 18.9 Å². The number of carbonyl (C=O) groups excluding carboxylic acids is 1. The Morgan fingerprint density at radius 1 is 1.05 bits per heavy atom. The van der Waals surface area contributed by atoms with Crippen LogP contribution in [0.2, 0.25) is 0 Å². The zero-order valence-corrected chi connectivity index (χ0v) is 12.0. The molecule has 0 bridgehead atoms. The number of anilines is 1. The average Bonchev–Trinajstić information content (AvgIpc) is 2.45. The van der Waals surface area contributed by atoms with E-state index in [2.05, 4.69) is 5.32 Å². The van der Waals surface area contributed by atoms with Crippen molar-refractivity contribution in [2.24, 2.45) is 0 Å². The molecule has 0 fully saturated rings. The molecule has 2 aromatic carbocycles. The molecule has 6 heteroatoms. The number of rotatable bonds is 5. The molecule has 116 valence electrons. The van der Waals surface area contributed by atoms with Gasteiger partial charge < -0.3 is 10.2 Å². The van der Waals surface area contributed by atoms with Gasteiger partial charge in [0.15, 0.2) is 18.2 Å². The predicted molar refractivity (Wildman–Crippen MR) is 76.8 cm³/mol. The lowest BCUT2D eigenvalue weighted by molar-refractivity contribution is -0.885. The van der Waals surface area contributed by atoms with Gasteiger partial charge in [0, 0.05) is 17.3 Å². The second-order valence-electron chi connectivity index (χ2n) is 5.08. The third-order valence-electron chi connectivity index (χ3n) is 3.12. The molecule has 0 aliphatic rings. The summed E-state index contributed by atoms with van der Waals surface area (Å²) >= 11 is 0. The smallest absolute Gasteiger partial charge is 0.279 e. The standard InChI is InChI=1S/C16H15F3N2O/c1-21(9-11-4-2-3-5-13(11)17)10-16(22)20-12-6-7-14(18)15(19)8-12/h2-8H,9-10H2,1H3,(H,20,22)/p+1. The average molecular weight is 309 g/mol. The van der Waals surface area contributed by atoms with Crippen LogP contribution in [-0.4, -0.2) is 19.5 Å². The summed E-state index contributed by atoms with van der Waals surface area (Å²) < 4.78 is 39.4. The highest BCUT2D eigenvalue weighted by atomic mass is 19.2. The summed E-state index contributed by atoms with van der Waals surface area (Å²) in [6.07, 6.45) is 0. The van der Waals surface area contributed by atoms with E-state index in [1.807, 2.05) is 0 Å². The van der Waals surface area contributed by atoms with Crippen LogP contribution in [0, 0.1) is 17.5 Å². The van der Waals surface area contributed by atoms with Gasteiger partial charge in [-0.15, -0.1) is 0 Å². The van der Waals surface area contributed by atoms with Crippen LogP contribution in [0.25, 0.3) is 0 Å². The maximum Gasteiger partial charge on any atom is 0.279 e. The fraction of sp³-hybridized carbons (Fsp3) is 0.188. The van der Waals surface area contributed by atoms with Gasteiger partial charge in [-0.2, -0.15) is 0 Å². The Morgan fingerprint density at radius 2 is 1.77 bits per heavy atom. The van der Waals surface area contributed by atoms with Crippen molar-refractivity contribution >= 4 is 11.6 Å². The van der Waals surface area contributed by atoms with Crippen molar-refractivity contribution in [1.29, 1.82) is 0 Å². The van der Waals surface area contributed by atoms with Gasteiger partial charge in [-0.3, -0.25) is 4.79 Å². The Kier molecular flexibility index (Phi) is 5.16. The highest BCUT2D eigenvalue weighted by Gasteiger charge is 2.13. The Hall–Kier alpha value is -2.34. The topological polar surface area (TPSA) is 33.5 Å². The van der Waals surface area contributed by atoms with Gasteiger partial charge in [0.25, 0.3) is 5.91 Å². The maximum absolute atomic E-state index is 13.5. The Labute approximate surface area is 126 Å². The molecule has 1 unspecified atom stereocenters. The fourth-order valence-electron chi connectivity index (χ4n) is 2.08. The molecule has 0 heterocycles. The number of hydrogen-bond donors (Lipinski definition) is 2. The molecule has 0 radical (unpaired) electrons. The van der Waals surface area contributed by atoms with E-state index in [0.29, 0.717) is 12.1 Å². The number of amides is 1. The van der Waals surface area contributed by atoms with Crippen molar-refractivity contribution in [3.8, 4) is 0 Å². The van der Waals surface area contributed by atoms with Crippen LogP contribution in [0.3, 0.4) is 0 Å². The summed E-state index contributed by atoms with van der Waals surface area (Å²) in [6, 6.07) is 9.50. The van der Waals surface area contributed by atoms with Crippen molar-refractivity contribution in [3.63, 3.8) is 0 Å². The second kappa shape index (κ2) is 7.09. The Morgan fingerprint density at radius 3 is 2.45 bits per heavy atom. The molecule has 1 amide bonds. The predicted octanol–water partition coefficient (Wildman–Crippen LogP) is 1.76. The highest BCUT2D eigenvalue weighted by Crippen LogP contribution is 2.12. The number of likely N-dealkylation sites (N-methyl/N-ethyl adjacent to an activating group) is 1. The fourth-order valence-corrected chi connectivity index (χ4v) is 2.08. The van der Waals surface area contributed by atoms with Crippen molar-refractivity contribution in [3.05, 3.63) is 65.5 Å². The third kappa shape index (κ3) is 4.33. The lowest BCUT2D eigenvalue weighted by Gasteiger charge is -2.14. The van der Waals surface area contributed by atoms with E-state index in [4.69, 9.17) is 0 Å². The van der Waals surface area contributed by atoms with Gasteiger partial charge >= 0.3 is 0 Å². The summed E-state index contributed by atoms with van der Waals surface area (Å²) in [5.41, 5.74) is 0.697. The molecule has 2 aromatic rings. The summed E-state index contributed by atoms with van der Waals surface area (Å²) in [5, 5.41) is 2.48. The second-order valence-corrected chi connectivity index (χ2v) is 5.08. The number of halogens is 3. The minimum atomic E-state index is -1.02. The summed E-state index contributed by atoms with van der Waals surface area (Å²) in [6.45, 7) is 0.422. The van der Waals surface area contributed by atoms with E-state index in [1.54, 1.807) is 25.2 Å².